The highest BCUT2D eigenvalue weighted by Gasteiger charge is 2.46. The first-order chi connectivity index (χ1) is 8.39. The van der Waals surface area contributed by atoms with Crippen molar-refractivity contribution < 1.29 is 9.59 Å². The van der Waals surface area contributed by atoms with Gasteiger partial charge in [0.1, 0.15) is 11.6 Å². The van der Waals surface area contributed by atoms with Crippen molar-refractivity contribution in [1.29, 1.82) is 0 Å². The maximum atomic E-state index is 12.5. The number of aromatic nitrogens is 2. The first-order valence-electron chi connectivity index (χ1n) is 6.04. The van der Waals surface area contributed by atoms with Crippen LogP contribution in [-0.2, 0) is 16.6 Å². The van der Waals surface area contributed by atoms with Crippen molar-refractivity contribution in [3.8, 4) is 0 Å². The molecule has 6 heteroatoms. The number of piperazine rings is 1. The van der Waals surface area contributed by atoms with E-state index in [0.29, 0.717) is 12.2 Å². The topological polar surface area (TPSA) is 67.2 Å². The van der Waals surface area contributed by atoms with E-state index >= 15 is 0 Å². The van der Waals surface area contributed by atoms with E-state index in [1.54, 1.807) is 37.8 Å². The molecule has 6 nitrogen and oxygen atoms in total. The Balaban J connectivity index is 2.43. The molecule has 1 fully saturated rings. The molecule has 1 aromatic rings. The number of nitrogens with zero attached hydrogens (tertiary/aromatic N) is 3. The van der Waals surface area contributed by atoms with Crippen LogP contribution in [0.25, 0.3) is 0 Å². The van der Waals surface area contributed by atoms with Gasteiger partial charge in [-0.25, -0.2) is 0 Å². The van der Waals surface area contributed by atoms with Crippen molar-refractivity contribution in [3.05, 3.63) is 12.3 Å². The van der Waals surface area contributed by atoms with Gasteiger partial charge in [0.15, 0.2) is 5.82 Å². The molecule has 2 unspecified atom stereocenters. The zero-order chi connectivity index (χ0) is 13.5. The molecule has 1 aliphatic rings. The molecule has 2 atom stereocenters. The highest BCUT2D eigenvalue weighted by atomic mass is 16.2. The number of hydrogen-bond donors (Lipinski definition) is 1. The summed E-state index contributed by atoms with van der Waals surface area (Å²) in [4.78, 5) is 25.9. The van der Waals surface area contributed by atoms with Gasteiger partial charge in [-0.1, -0.05) is 6.92 Å². The first kappa shape index (κ1) is 12.6. The normalized spacial score (nSPS) is 28.4. The van der Waals surface area contributed by atoms with Crippen molar-refractivity contribution in [2.75, 3.05) is 4.90 Å². The van der Waals surface area contributed by atoms with Crippen LogP contribution in [0.1, 0.15) is 27.2 Å². The average molecular weight is 250 g/mol. The minimum atomic E-state index is -0.846. The first-order valence-corrected chi connectivity index (χ1v) is 6.04. The fourth-order valence-corrected chi connectivity index (χ4v) is 2.06. The summed E-state index contributed by atoms with van der Waals surface area (Å²) in [5.41, 5.74) is -0.846. The molecule has 1 aromatic heterocycles. The monoisotopic (exact) mass is 250 g/mol. The summed E-state index contributed by atoms with van der Waals surface area (Å²) in [6.45, 7) is 5.33. The molecule has 1 N–H and O–H groups in total. The fraction of sp³-hybridized carbons (Fsp3) is 0.583. The molecule has 1 aliphatic heterocycles. The van der Waals surface area contributed by atoms with Gasteiger partial charge in [0.2, 0.25) is 5.91 Å². The van der Waals surface area contributed by atoms with Crippen LogP contribution in [0.2, 0.25) is 0 Å². The Morgan fingerprint density at radius 1 is 1.50 bits per heavy atom. The number of rotatable bonds is 2. The zero-order valence-electron chi connectivity index (χ0n) is 11.1. The van der Waals surface area contributed by atoms with Crippen molar-refractivity contribution >= 4 is 17.6 Å². The lowest BCUT2D eigenvalue weighted by Crippen LogP contribution is -2.68. The van der Waals surface area contributed by atoms with E-state index in [4.69, 9.17) is 0 Å². The number of anilines is 1. The smallest absolute Gasteiger partial charge is 0.254 e. The number of carbonyl (C=O) groups is 2. The van der Waals surface area contributed by atoms with Crippen LogP contribution in [-0.4, -0.2) is 33.2 Å². The summed E-state index contributed by atoms with van der Waals surface area (Å²) in [5.74, 6) is 0.255. The van der Waals surface area contributed by atoms with E-state index < -0.39 is 11.6 Å². The second-order valence-electron chi connectivity index (χ2n) is 4.87. The van der Waals surface area contributed by atoms with Crippen molar-refractivity contribution in [2.24, 2.45) is 7.05 Å². The van der Waals surface area contributed by atoms with Gasteiger partial charge in [-0.3, -0.25) is 19.2 Å². The summed E-state index contributed by atoms with van der Waals surface area (Å²) in [6, 6.07) is 1.20. The van der Waals surface area contributed by atoms with E-state index in [1.165, 1.54) is 4.90 Å². The molecule has 98 valence electrons. The van der Waals surface area contributed by atoms with Crippen LogP contribution in [0.15, 0.2) is 12.3 Å². The minimum Gasteiger partial charge on any atom is -0.340 e. The van der Waals surface area contributed by atoms with Crippen molar-refractivity contribution in [2.45, 2.75) is 38.8 Å². The van der Waals surface area contributed by atoms with Crippen LogP contribution in [0.5, 0.6) is 0 Å². The highest BCUT2D eigenvalue weighted by Crippen LogP contribution is 2.25. The lowest BCUT2D eigenvalue weighted by molar-refractivity contribution is -0.137. The summed E-state index contributed by atoms with van der Waals surface area (Å²) < 4.78 is 1.62. The number of hydrogen-bond acceptors (Lipinski definition) is 3. The Morgan fingerprint density at radius 2 is 2.17 bits per heavy atom. The maximum Gasteiger partial charge on any atom is 0.254 e. The summed E-state index contributed by atoms with van der Waals surface area (Å²) in [6.07, 6.45) is 2.30. The lowest BCUT2D eigenvalue weighted by Gasteiger charge is -2.41. The summed E-state index contributed by atoms with van der Waals surface area (Å²) in [7, 11) is 1.78. The average Bonchev–Trinajstić information content (AvgIpc) is 2.74. The van der Waals surface area contributed by atoms with Crippen LogP contribution < -0.4 is 10.2 Å². The third kappa shape index (κ3) is 1.77. The Labute approximate surface area is 106 Å². The second kappa shape index (κ2) is 4.12. The molecule has 2 heterocycles. The number of amides is 2. The van der Waals surface area contributed by atoms with E-state index in [1.807, 2.05) is 6.92 Å². The van der Waals surface area contributed by atoms with E-state index in [9.17, 15) is 9.59 Å². The molecule has 0 radical (unpaired) electrons. The Hall–Kier alpha value is -1.85. The van der Waals surface area contributed by atoms with Gasteiger partial charge in [0, 0.05) is 19.3 Å². The predicted molar refractivity (Wildman–Crippen MR) is 67.0 cm³/mol. The van der Waals surface area contributed by atoms with Gasteiger partial charge in [-0.05, 0) is 20.3 Å². The Morgan fingerprint density at radius 3 is 2.67 bits per heavy atom. The second-order valence-corrected chi connectivity index (χ2v) is 4.87. The van der Waals surface area contributed by atoms with E-state index in [-0.39, 0.29) is 11.8 Å². The third-order valence-electron chi connectivity index (χ3n) is 3.51. The molecular formula is C12H18N4O2. The van der Waals surface area contributed by atoms with Gasteiger partial charge < -0.3 is 5.32 Å². The standard InChI is InChI=1S/C12H18N4O2/c1-5-12(3)11(18)16(8(2)10(17)13-12)9-6-7-15(4)14-9/h6-8H,5H2,1-4H3,(H,13,17). The van der Waals surface area contributed by atoms with Gasteiger partial charge >= 0.3 is 0 Å². The third-order valence-corrected chi connectivity index (χ3v) is 3.51. The van der Waals surface area contributed by atoms with Crippen molar-refractivity contribution in [3.63, 3.8) is 0 Å². The number of aryl methyl sites for hydroxylation is 1. The SMILES string of the molecule is CCC1(C)NC(=O)C(C)N(c2ccn(C)n2)C1=O. The lowest BCUT2D eigenvalue weighted by atomic mass is 9.92. The highest BCUT2D eigenvalue weighted by molar-refractivity contribution is 6.09. The molecule has 2 amide bonds. The minimum absolute atomic E-state index is 0.115. The van der Waals surface area contributed by atoms with Gasteiger partial charge in [-0.15, -0.1) is 0 Å². The molecule has 0 bridgehead atoms. The van der Waals surface area contributed by atoms with E-state index in [0.717, 1.165) is 0 Å². The number of nitrogens with one attached hydrogen (secondary N) is 1. The molecule has 1 saturated heterocycles. The molecule has 0 aliphatic carbocycles. The predicted octanol–water partition coefficient (Wildman–Crippen LogP) is 0.440. The van der Waals surface area contributed by atoms with Gasteiger partial charge in [-0.2, -0.15) is 5.10 Å². The van der Waals surface area contributed by atoms with Crippen LogP contribution >= 0.6 is 0 Å². The van der Waals surface area contributed by atoms with Crippen LogP contribution in [0.4, 0.5) is 5.82 Å². The Bertz CT molecular complexity index is 496. The molecule has 0 aromatic carbocycles. The Kier molecular flexibility index (Phi) is 2.88. The van der Waals surface area contributed by atoms with Gasteiger partial charge in [0.25, 0.3) is 5.91 Å². The van der Waals surface area contributed by atoms with E-state index in [2.05, 4.69) is 10.4 Å². The molecular weight excluding hydrogens is 232 g/mol. The molecule has 18 heavy (non-hydrogen) atoms. The zero-order valence-corrected chi connectivity index (χ0v) is 11.1. The fourth-order valence-electron chi connectivity index (χ4n) is 2.06. The molecule has 0 saturated carbocycles. The summed E-state index contributed by atoms with van der Waals surface area (Å²) in [5, 5.41) is 7.00. The largest absolute Gasteiger partial charge is 0.340 e. The van der Waals surface area contributed by atoms with Gasteiger partial charge in [0.05, 0.1) is 0 Å². The van der Waals surface area contributed by atoms with Crippen molar-refractivity contribution in [1.82, 2.24) is 15.1 Å². The molecule has 2 rings (SSSR count). The van der Waals surface area contributed by atoms with Crippen LogP contribution in [0, 0.1) is 0 Å². The van der Waals surface area contributed by atoms with Crippen LogP contribution in [0.3, 0.4) is 0 Å². The quantitative estimate of drug-likeness (QED) is 0.828. The molecule has 0 spiro atoms. The summed E-state index contributed by atoms with van der Waals surface area (Å²) >= 11 is 0. The number of carbonyl (C=O) groups excluding carboxylic acids is 2. The maximum absolute atomic E-state index is 12.5.